The quantitative estimate of drug-likeness (QED) is 0.803. The Bertz CT molecular complexity index is 770. The van der Waals surface area contributed by atoms with Crippen molar-refractivity contribution in [1.29, 1.82) is 0 Å². The zero-order valence-corrected chi connectivity index (χ0v) is 15.5. The predicted octanol–water partition coefficient (Wildman–Crippen LogP) is 3.94. The van der Waals surface area contributed by atoms with Crippen molar-refractivity contribution >= 4 is 17.5 Å². The summed E-state index contributed by atoms with van der Waals surface area (Å²) in [6.45, 7) is 0.675. The topological polar surface area (TPSA) is 44.4 Å². The number of benzene rings is 2. The van der Waals surface area contributed by atoms with Crippen LogP contribution in [0.5, 0.6) is 0 Å². The molecule has 1 amide bonds. The maximum atomic E-state index is 13.4. The highest BCUT2D eigenvalue weighted by Gasteiger charge is 2.25. The number of carbonyl (C=O) groups is 1. The van der Waals surface area contributed by atoms with E-state index in [9.17, 15) is 9.18 Å². The SMILES string of the molecule is CN(CCCC1CC(c2cccc(F)c2)NN1)C(=O)c1cccc(Cl)c1. The number of hydrogen-bond acceptors (Lipinski definition) is 3. The van der Waals surface area contributed by atoms with Crippen LogP contribution in [-0.2, 0) is 0 Å². The minimum Gasteiger partial charge on any atom is -0.342 e. The maximum Gasteiger partial charge on any atom is 0.253 e. The zero-order valence-electron chi connectivity index (χ0n) is 14.7. The van der Waals surface area contributed by atoms with Crippen LogP contribution in [-0.4, -0.2) is 30.4 Å². The molecule has 0 spiro atoms. The van der Waals surface area contributed by atoms with Crippen LogP contribution in [0.3, 0.4) is 0 Å². The van der Waals surface area contributed by atoms with Crippen LogP contribution in [0.25, 0.3) is 0 Å². The molecule has 2 unspecified atom stereocenters. The van der Waals surface area contributed by atoms with Gasteiger partial charge in [0.15, 0.2) is 0 Å². The molecule has 6 heteroatoms. The van der Waals surface area contributed by atoms with E-state index in [0.717, 1.165) is 24.8 Å². The fraction of sp³-hybridized carbons (Fsp3) is 0.350. The first-order chi connectivity index (χ1) is 12.5. The summed E-state index contributed by atoms with van der Waals surface area (Å²) in [7, 11) is 1.80. The first-order valence-corrected chi connectivity index (χ1v) is 9.18. The van der Waals surface area contributed by atoms with Gasteiger partial charge >= 0.3 is 0 Å². The van der Waals surface area contributed by atoms with Crippen molar-refractivity contribution in [3.05, 3.63) is 70.5 Å². The Morgan fingerprint density at radius 2 is 2.04 bits per heavy atom. The lowest BCUT2D eigenvalue weighted by Crippen LogP contribution is -2.32. The number of nitrogens with one attached hydrogen (secondary N) is 2. The summed E-state index contributed by atoms with van der Waals surface area (Å²) in [5.74, 6) is -0.239. The number of hydrogen-bond donors (Lipinski definition) is 2. The minimum atomic E-state index is -0.214. The average Bonchev–Trinajstić information content (AvgIpc) is 3.10. The van der Waals surface area contributed by atoms with Gasteiger partial charge in [0.05, 0.1) is 0 Å². The molecule has 0 aliphatic carbocycles. The molecule has 138 valence electrons. The van der Waals surface area contributed by atoms with Crippen LogP contribution < -0.4 is 10.9 Å². The molecular weight excluding hydrogens is 353 g/mol. The van der Waals surface area contributed by atoms with Gasteiger partial charge in [0, 0.05) is 36.3 Å². The Labute approximate surface area is 158 Å². The van der Waals surface area contributed by atoms with Crippen molar-refractivity contribution in [2.24, 2.45) is 0 Å². The van der Waals surface area contributed by atoms with E-state index in [4.69, 9.17) is 11.6 Å². The van der Waals surface area contributed by atoms with E-state index in [0.29, 0.717) is 23.2 Å². The van der Waals surface area contributed by atoms with Crippen LogP contribution in [0.1, 0.15) is 41.2 Å². The molecule has 3 rings (SSSR count). The lowest BCUT2D eigenvalue weighted by molar-refractivity contribution is 0.0791. The van der Waals surface area contributed by atoms with Crippen LogP contribution in [0.4, 0.5) is 4.39 Å². The number of amides is 1. The van der Waals surface area contributed by atoms with E-state index >= 15 is 0 Å². The second kappa shape index (κ2) is 8.62. The van der Waals surface area contributed by atoms with E-state index in [1.807, 2.05) is 6.07 Å². The second-order valence-corrected chi connectivity index (χ2v) is 7.14. The number of carbonyl (C=O) groups excluding carboxylic acids is 1. The van der Waals surface area contributed by atoms with Gasteiger partial charge in [0.2, 0.25) is 0 Å². The summed E-state index contributed by atoms with van der Waals surface area (Å²) < 4.78 is 13.4. The number of rotatable bonds is 6. The third-order valence-corrected chi connectivity index (χ3v) is 4.93. The Kier molecular flexibility index (Phi) is 6.25. The molecule has 0 aromatic heterocycles. The fourth-order valence-electron chi connectivity index (χ4n) is 3.27. The number of halogens is 2. The molecule has 26 heavy (non-hydrogen) atoms. The van der Waals surface area contributed by atoms with E-state index in [1.54, 1.807) is 48.3 Å². The van der Waals surface area contributed by atoms with Crippen LogP contribution in [0.2, 0.25) is 5.02 Å². The molecule has 1 aliphatic heterocycles. The lowest BCUT2D eigenvalue weighted by atomic mass is 9.99. The summed E-state index contributed by atoms with van der Waals surface area (Å²) in [6, 6.07) is 14.1. The van der Waals surface area contributed by atoms with E-state index in [2.05, 4.69) is 10.9 Å². The van der Waals surface area contributed by atoms with Gasteiger partial charge in [0.25, 0.3) is 5.91 Å². The van der Waals surface area contributed by atoms with Crippen LogP contribution >= 0.6 is 11.6 Å². The molecule has 1 fully saturated rings. The Morgan fingerprint density at radius 1 is 1.23 bits per heavy atom. The second-order valence-electron chi connectivity index (χ2n) is 6.71. The van der Waals surface area contributed by atoms with Gasteiger partial charge in [-0.15, -0.1) is 0 Å². The van der Waals surface area contributed by atoms with Gasteiger partial charge < -0.3 is 4.90 Å². The van der Waals surface area contributed by atoms with Gasteiger partial charge in [-0.2, -0.15) is 0 Å². The first-order valence-electron chi connectivity index (χ1n) is 8.80. The minimum absolute atomic E-state index is 0.0253. The van der Waals surface area contributed by atoms with Crippen LogP contribution in [0, 0.1) is 5.82 Å². The van der Waals surface area contributed by atoms with Gasteiger partial charge in [-0.25, -0.2) is 4.39 Å². The maximum absolute atomic E-state index is 13.4. The van der Waals surface area contributed by atoms with Crippen molar-refractivity contribution in [1.82, 2.24) is 15.8 Å². The molecule has 0 bridgehead atoms. The smallest absolute Gasteiger partial charge is 0.253 e. The number of nitrogens with zero attached hydrogens (tertiary/aromatic N) is 1. The average molecular weight is 376 g/mol. The molecule has 2 N–H and O–H groups in total. The summed E-state index contributed by atoms with van der Waals surface area (Å²) >= 11 is 5.95. The van der Waals surface area contributed by atoms with E-state index < -0.39 is 0 Å². The summed E-state index contributed by atoms with van der Waals surface area (Å²) in [6.07, 6.45) is 2.72. The summed E-state index contributed by atoms with van der Waals surface area (Å²) in [4.78, 5) is 14.1. The van der Waals surface area contributed by atoms with E-state index in [1.165, 1.54) is 6.07 Å². The molecule has 1 saturated heterocycles. The molecule has 2 atom stereocenters. The monoisotopic (exact) mass is 375 g/mol. The highest BCUT2D eigenvalue weighted by Crippen LogP contribution is 2.24. The largest absolute Gasteiger partial charge is 0.342 e. The highest BCUT2D eigenvalue weighted by atomic mass is 35.5. The molecule has 1 heterocycles. The molecule has 0 saturated carbocycles. The lowest BCUT2D eigenvalue weighted by Gasteiger charge is -2.18. The van der Waals surface area contributed by atoms with Crippen molar-refractivity contribution in [2.45, 2.75) is 31.3 Å². The van der Waals surface area contributed by atoms with E-state index in [-0.39, 0.29) is 17.8 Å². The molecular formula is C20H23ClFN3O. The van der Waals surface area contributed by atoms with Crippen molar-refractivity contribution in [3.63, 3.8) is 0 Å². The molecule has 0 radical (unpaired) electrons. The van der Waals surface area contributed by atoms with Gasteiger partial charge in [-0.1, -0.05) is 29.8 Å². The normalized spacial score (nSPS) is 19.5. The Morgan fingerprint density at radius 3 is 2.81 bits per heavy atom. The van der Waals surface area contributed by atoms with Gasteiger partial charge in [-0.05, 0) is 55.2 Å². The standard InChI is InChI=1S/C20H23ClFN3O/c1-25(20(26)15-6-2-7-16(21)11-15)10-4-9-18-13-19(24-23-18)14-5-3-8-17(22)12-14/h2-3,5-8,11-12,18-19,23-24H,4,9-10,13H2,1H3. The zero-order chi connectivity index (χ0) is 18.5. The third kappa shape index (κ3) is 4.81. The van der Waals surface area contributed by atoms with Crippen LogP contribution in [0.15, 0.2) is 48.5 Å². The third-order valence-electron chi connectivity index (χ3n) is 4.70. The molecule has 4 nitrogen and oxygen atoms in total. The molecule has 2 aromatic rings. The Hall–Kier alpha value is -1.95. The Balaban J connectivity index is 1.44. The summed E-state index contributed by atoms with van der Waals surface area (Å²) in [5, 5.41) is 0.564. The fourth-order valence-corrected chi connectivity index (χ4v) is 3.46. The predicted molar refractivity (Wildman–Crippen MR) is 101 cm³/mol. The summed E-state index contributed by atoms with van der Waals surface area (Å²) in [5.41, 5.74) is 8.06. The van der Waals surface area contributed by atoms with Gasteiger partial charge in [-0.3, -0.25) is 15.6 Å². The molecule has 2 aromatic carbocycles. The highest BCUT2D eigenvalue weighted by molar-refractivity contribution is 6.30. The van der Waals surface area contributed by atoms with Crippen molar-refractivity contribution in [3.8, 4) is 0 Å². The van der Waals surface area contributed by atoms with Crippen molar-refractivity contribution in [2.75, 3.05) is 13.6 Å². The van der Waals surface area contributed by atoms with Crippen molar-refractivity contribution < 1.29 is 9.18 Å². The number of hydrazine groups is 1. The molecule has 1 aliphatic rings. The van der Waals surface area contributed by atoms with Gasteiger partial charge in [0.1, 0.15) is 5.82 Å². The first kappa shape index (κ1) is 18.8.